The van der Waals surface area contributed by atoms with Gasteiger partial charge in [0.1, 0.15) is 0 Å². The molecule has 0 bridgehead atoms. The molecule has 2 fully saturated rings. The smallest absolute Gasteiger partial charge is 0.0809 e. The number of hydrogen-bond acceptors (Lipinski definition) is 3. The van der Waals surface area contributed by atoms with Crippen LogP contribution in [0.2, 0.25) is 0 Å². The second-order valence-corrected chi connectivity index (χ2v) is 8.05. The van der Waals surface area contributed by atoms with Crippen LogP contribution in [-0.4, -0.2) is 38.0 Å². The van der Waals surface area contributed by atoms with Gasteiger partial charge in [-0.2, -0.15) is 0 Å². The predicted molar refractivity (Wildman–Crippen MR) is 87.6 cm³/mol. The van der Waals surface area contributed by atoms with Crippen LogP contribution < -0.4 is 5.32 Å². The van der Waals surface area contributed by atoms with Gasteiger partial charge in [0.05, 0.1) is 18.3 Å². The first-order valence-corrected chi connectivity index (χ1v) is 8.91. The van der Waals surface area contributed by atoms with Crippen LogP contribution in [0.5, 0.6) is 0 Å². The van der Waals surface area contributed by atoms with Crippen molar-refractivity contribution in [3.05, 3.63) is 0 Å². The number of hydrogen-bond donors (Lipinski definition) is 1. The summed E-state index contributed by atoms with van der Waals surface area (Å²) < 4.78 is 12.2. The topological polar surface area (TPSA) is 30.5 Å². The van der Waals surface area contributed by atoms with E-state index < -0.39 is 0 Å². The highest BCUT2D eigenvalue weighted by Crippen LogP contribution is 2.42. The summed E-state index contributed by atoms with van der Waals surface area (Å²) >= 11 is 0. The van der Waals surface area contributed by atoms with E-state index in [1.165, 1.54) is 38.5 Å². The monoisotopic (exact) mass is 297 g/mol. The van der Waals surface area contributed by atoms with E-state index in [1.807, 2.05) is 0 Å². The van der Waals surface area contributed by atoms with Crippen molar-refractivity contribution in [1.29, 1.82) is 0 Å². The first-order valence-electron chi connectivity index (χ1n) is 8.91. The number of ether oxygens (including phenoxy) is 2. The van der Waals surface area contributed by atoms with E-state index in [2.05, 4.69) is 33.0 Å². The lowest BCUT2D eigenvalue weighted by Gasteiger charge is -2.44. The molecule has 1 aliphatic carbocycles. The lowest BCUT2D eigenvalue weighted by Crippen LogP contribution is -2.48. The third kappa shape index (κ3) is 4.94. The Morgan fingerprint density at radius 3 is 2.43 bits per heavy atom. The Hall–Kier alpha value is -0.120. The lowest BCUT2D eigenvalue weighted by molar-refractivity contribution is -0.111. The minimum absolute atomic E-state index is 0.0453. The van der Waals surface area contributed by atoms with E-state index >= 15 is 0 Å². The van der Waals surface area contributed by atoms with Crippen molar-refractivity contribution in [3.63, 3.8) is 0 Å². The van der Waals surface area contributed by atoms with Crippen LogP contribution in [0.3, 0.4) is 0 Å². The molecule has 1 heterocycles. The molecule has 1 N–H and O–H groups in total. The molecule has 124 valence electrons. The molecule has 1 atom stereocenters. The summed E-state index contributed by atoms with van der Waals surface area (Å²) in [6, 6.07) is 0. The summed E-state index contributed by atoms with van der Waals surface area (Å²) in [4.78, 5) is 0. The van der Waals surface area contributed by atoms with Crippen LogP contribution >= 0.6 is 0 Å². The zero-order chi connectivity index (χ0) is 15.3. The molecule has 0 radical (unpaired) electrons. The van der Waals surface area contributed by atoms with Gasteiger partial charge in [-0.3, -0.25) is 0 Å². The van der Waals surface area contributed by atoms with E-state index in [0.717, 1.165) is 32.2 Å². The third-order valence-corrected chi connectivity index (χ3v) is 5.42. The van der Waals surface area contributed by atoms with Crippen LogP contribution in [0.1, 0.15) is 66.2 Å². The van der Waals surface area contributed by atoms with E-state index in [9.17, 15) is 0 Å². The van der Waals surface area contributed by atoms with Crippen molar-refractivity contribution in [2.75, 3.05) is 26.3 Å². The lowest BCUT2D eigenvalue weighted by atomic mass is 9.68. The molecular weight excluding hydrogens is 262 g/mol. The Labute approximate surface area is 131 Å². The molecule has 0 aromatic heterocycles. The highest BCUT2D eigenvalue weighted by atomic mass is 16.5. The molecule has 1 aliphatic heterocycles. The largest absolute Gasteiger partial charge is 0.376 e. The summed E-state index contributed by atoms with van der Waals surface area (Å²) in [7, 11) is 0. The molecule has 1 unspecified atom stereocenters. The molecule has 0 spiro atoms. The number of nitrogens with one attached hydrogen (secondary N) is 1. The average Bonchev–Trinajstić information content (AvgIpc) is 2.96. The highest BCUT2D eigenvalue weighted by molar-refractivity contribution is 4.92. The van der Waals surface area contributed by atoms with Crippen molar-refractivity contribution in [1.82, 2.24) is 5.32 Å². The van der Waals surface area contributed by atoms with Crippen LogP contribution in [0, 0.1) is 11.3 Å². The first kappa shape index (κ1) is 17.2. The Balaban J connectivity index is 1.88. The zero-order valence-electron chi connectivity index (χ0n) is 14.5. The van der Waals surface area contributed by atoms with Gasteiger partial charge in [-0.1, -0.05) is 27.7 Å². The van der Waals surface area contributed by atoms with Gasteiger partial charge in [-0.15, -0.1) is 0 Å². The van der Waals surface area contributed by atoms with Crippen molar-refractivity contribution in [3.8, 4) is 0 Å². The Kier molecular flexibility index (Phi) is 6.10. The van der Waals surface area contributed by atoms with Crippen LogP contribution in [0.15, 0.2) is 0 Å². The van der Waals surface area contributed by atoms with Crippen LogP contribution in [0.4, 0.5) is 0 Å². The molecule has 3 heteroatoms. The van der Waals surface area contributed by atoms with Crippen LogP contribution in [0.25, 0.3) is 0 Å². The van der Waals surface area contributed by atoms with Gasteiger partial charge in [0.25, 0.3) is 0 Å². The maximum absolute atomic E-state index is 6.43. The van der Waals surface area contributed by atoms with E-state index in [1.54, 1.807) is 0 Å². The maximum atomic E-state index is 6.43. The van der Waals surface area contributed by atoms with Crippen molar-refractivity contribution >= 4 is 0 Å². The fraction of sp³-hybridized carbons (Fsp3) is 1.00. The fourth-order valence-electron chi connectivity index (χ4n) is 3.78. The molecular formula is C18H35NO2. The molecule has 0 amide bonds. The predicted octanol–water partition coefficient (Wildman–Crippen LogP) is 3.77. The first-order chi connectivity index (χ1) is 9.95. The normalized spacial score (nSPS) is 34.3. The summed E-state index contributed by atoms with van der Waals surface area (Å²) in [5, 5.41) is 3.52. The molecule has 1 saturated carbocycles. The minimum Gasteiger partial charge on any atom is -0.376 e. The standard InChI is InChI=1S/C18H35NO2/c1-5-19-14-18(21-13-16-7-6-12-20-16)10-8-15(9-11-18)17(2,3)4/h15-16,19H,5-14H2,1-4H3. The zero-order valence-corrected chi connectivity index (χ0v) is 14.5. The van der Waals surface area contributed by atoms with Gasteiger partial charge in [0.15, 0.2) is 0 Å². The van der Waals surface area contributed by atoms with Crippen molar-refractivity contribution in [2.45, 2.75) is 77.9 Å². The number of likely N-dealkylation sites (N-methyl/N-ethyl adjacent to an activating group) is 1. The second-order valence-electron chi connectivity index (χ2n) is 8.05. The quantitative estimate of drug-likeness (QED) is 0.809. The number of rotatable bonds is 6. The second kappa shape index (κ2) is 7.43. The Morgan fingerprint density at radius 2 is 1.90 bits per heavy atom. The molecule has 0 aromatic rings. The van der Waals surface area contributed by atoms with Gasteiger partial charge < -0.3 is 14.8 Å². The van der Waals surface area contributed by atoms with Gasteiger partial charge in [-0.05, 0) is 56.4 Å². The average molecular weight is 297 g/mol. The van der Waals surface area contributed by atoms with E-state index in [-0.39, 0.29) is 5.60 Å². The molecule has 21 heavy (non-hydrogen) atoms. The Morgan fingerprint density at radius 1 is 1.19 bits per heavy atom. The molecule has 2 aliphatic rings. The van der Waals surface area contributed by atoms with Gasteiger partial charge in [0.2, 0.25) is 0 Å². The molecule has 3 nitrogen and oxygen atoms in total. The Bertz CT molecular complexity index is 297. The van der Waals surface area contributed by atoms with E-state index in [0.29, 0.717) is 11.5 Å². The molecule has 2 rings (SSSR count). The summed E-state index contributed by atoms with van der Waals surface area (Å²) in [6.45, 7) is 13.0. The molecule has 1 saturated heterocycles. The van der Waals surface area contributed by atoms with Gasteiger partial charge >= 0.3 is 0 Å². The third-order valence-electron chi connectivity index (χ3n) is 5.42. The van der Waals surface area contributed by atoms with Crippen molar-refractivity contribution < 1.29 is 9.47 Å². The SMILES string of the molecule is CCNCC1(OCC2CCCO2)CCC(C(C)(C)C)CC1. The van der Waals surface area contributed by atoms with Crippen LogP contribution in [-0.2, 0) is 9.47 Å². The summed E-state index contributed by atoms with van der Waals surface area (Å²) in [5.41, 5.74) is 0.475. The van der Waals surface area contributed by atoms with Crippen molar-refractivity contribution in [2.24, 2.45) is 11.3 Å². The molecule has 0 aromatic carbocycles. The maximum Gasteiger partial charge on any atom is 0.0809 e. The minimum atomic E-state index is 0.0453. The van der Waals surface area contributed by atoms with Gasteiger partial charge in [0, 0.05) is 13.2 Å². The summed E-state index contributed by atoms with van der Waals surface area (Å²) in [6.07, 6.45) is 7.66. The fourth-order valence-corrected chi connectivity index (χ4v) is 3.78. The summed E-state index contributed by atoms with van der Waals surface area (Å²) in [5.74, 6) is 0.832. The van der Waals surface area contributed by atoms with E-state index in [4.69, 9.17) is 9.47 Å². The highest BCUT2D eigenvalue weighted by Gasteiger charge is 2.39. The van der Waals surface area contributed by atoms with Gasteiger partial charge in [-0.25, -0.2) is 0 Å².